The fourth-order valence-electron chi connectivity index (χ4n) is 2.19. The summed E-state index contributed by atoms with van der Waals surface area (Å²) >= 11 is 3.11. The Bertz CT molecular complexity index is 810. The van der Waals surface area contributed by atoms with E-state index in [1.165, 1.54) is 11.8 Å². The Morgan fingerprint density at radius 3 is 2.54 bits per heavy atom. The second kappa shape index (κ2) is 7.23. The monoisotopic (exact) mass is 357 g/mol. The van der Waals surface area contributed by atoms with Crippen LogP contribution < -0.4 is 10.2 Å². The molecule has 0 spiro atoms. The highest BCUT2D eigenvalue weighted by Gasteiger charge is 2.17. The van der Waals surface area contributed by atoms with E-state index in [2.05, 4.69) is 10.3 Å². The van der Waals surface area contributed by atoms with Crippen LogP contribution in [0, 0.1) is 0 Å². The third-order valence-electron chi connectivity index (χ3n) is 3.57. The van der Waals surface area contributed by atoms with E-state index >= 15 is 0 Å². The number of thiazole rings is 1. The van der Waals surface area contributed by atoms with Gasteiger partial charge in [-0.1, -0.05) is 23.9 Å². The Balaban J connectivity index is 1.63. The SMILES string of the molecule is CC(Sc1nc2ccccc2s1)C(=O)Nc1ccc(N(C)C)cc1. The van der Waals surface area contributed by atoms with E-state index in [0.717, 1.165) is 25.9 Å². The molecule has 4 nitrogen and oxygen atoms in total. The number of benzene rings is 2. The van der Waals surface area contributed by atoms with Crippen LogP contribution in [0.2, 0.25) is 0 Å². The normalized spacial score (nSPS) is 12.1. The molecule has 1 heterocycles. The molecule has 1 unspecified atom stereocenters. The average molecular weight is 358 g/mol. The molecule has 0 saturated heterocycles. The molecule has 0 fully saturated rings. The van der Waals surface area contributed by atoms with Crippen LogP contribution in [-0.2, 0) is 4.79 Å². The minimum atomic E-state index is -0.209. The average Bonchev–Trinajstić information content (AvgIpc) is 2.97. The molecular formula is C18H19N3OS2. The fourth-order valence-corrected chi connectivity index (χ4v) is 4.40. The summed E-state index contributed by atoms with van der Waals surface area (Å²) in [5, 5.41) is 2.75. The Labute approximate surface area is 149 Å². The summed E-state index contributed by atoms with van der Waals surface area (Å²) in [6, 6.07) is 15.8. The van der Waals surface area contributed by atoms with Gasteiger partial charge in [0, 0.05) is 25.5 Å². The molecular weight excluding hydrogens is 338 g/mol. The van der Waals surface area contributed by atoms with Crippen LogP contribution in [0.25, 0.3) is 10.2 Å². The molecule has 0 radical (unpaired) electrons. The summed E-state index contributed by atoms with van der Waals surface area (Å²) in [4.78, 5) is 19.0. The van der Waals surface area contributed by atoms with Crippen LogP contribution >= 0.6 is 23.1 Å². The highest BCUT2D eigenvalue weighted by molar-refractivity contribution is 8.02. The molecule has 3 aromatic rings. The first-order chi connectivity index (χ1) is 11.5. The van der Waals surface area contributed by atoms with Crippen molar-refractivity contribution in [3.8, 4) is 0 Å². The van der Waals surface area contributed by atoms with E-state index < -0.39 is 0 Å². The van der Waals surface area contributed by atoms with Gasteiger partial charge in [0.15, 0.2) is 4.34 Å². The number of carbonyl (C=O) groups excluding carboxylic acids is 1. The van der Waals surface area contributed by atoms with Crippen molar-refractivity contribution >= 4 is 50.6 Å². The maximum Gasteiger partial charge on any atom is 0.237 e. The third kappa shape index (κ3) is 3.88. The minimum Gasteiger partial charge on any atom is -0.378 e. The van der Waals surface area contributed by atoms with Crippen molar-refractivity contribution in [3.05, 3.63) is 48.5 Å². The lowest BCUT2D eigenvalue weighted by molar-refractivity contribution is -0.115. The van der Waals surface area contributed by atoms with Crippen LogP contribution in [0.5, 0.6) is 0 Å². The van der Waals surface area contributed by atoms with Crippen LogP contribution in [0.1, 0.15) is 6.92 Å². The molecule has 3 rings (SSSR count). The summed E-state index contributed by atoms with van der Waals surface area (Å²) in [7, 11) is 3.98. The molecule has 1 aromatic heterocycles. The molecule has 1 N–H and O–H groups in total. The van der Waals surface area contributed by atoms with Crippen LogP contribution in [-0.4, -0.2) is 30.2 Å². The standard InChI is InChI=1S/C18H19N3OS2/c1-12(23-18-20-15-6-4-5-7-16(15)24-18)17(22)19-13-8-10-14(11-9-13)21(2)3/h4-12H,1-3H3,(H,19,22). The van der Waals surface area contributed by atoms with E-state index in [9.17, 15) is 4.79 Å². The van der Waals surface area contributed by atoms with E-state index in [1.807, 2.05) is 74.4 Å². The van der Waals surface area contributed by atoms with Gasteiger partial charge >= 0.3 is 0 Å². The second-order valence-electron chi connectivity index (χ2n) is 5.64. The number of anilines is 2. The molecule has 6 heteroatoms. The van der Waals surface area contributed by atoms with E-state index in [4.69, 9.17) is 0 Å². The lowest BCUT2D eigenvalue weighted by atomic mass is 10.2. The summed E-state index contributed by atoms with van der Waals surface area (Å²) in [5.74, 6) is -0.0168. The molecule has 0 aliphatic heterocycles. The zero-order valence-electron chi connectivity index (χ0n) is 13.8. The van der Waals surface area contributed by atoms with Gasteiger partial charge in [-0.15, -0.1) is 11.3 Å². The highest BCUT2D eigenvalue weighted by atomic mass is 32.2. The molecule has 0 aliphatic rings. The quantitative estimate of drug-likeness (QED) is 0.684. The maximum atomic E-state index is 12.4. The van der Waals surface area contributed by atoms with Gasteiger partial charge in [0.2, 0.25) is 5.91 Å². The molecule has 1 amide bonds. The van der Waals surface area contributed by atoms with Gasteiger partial charge in [-0.25, -0.2) is 4.98 Å². The molecule has 24 heavy (non-hydrogen) atoms. The molecule has 0 aliphatic carbocycles. The van der Waals surface area contributed by atoms with Gasteiger partial charge in [-0.3, -0.25) is 4.79 Å². The van der Waals surface area contributed by atoms with Gasteiger partial charge in [0.25, 0.3) is 0 Å². The van der Waals surface area contributed by atoms with Crippen molar-refractivity contribution in [2.24, 2.45) is 0 Å². The van der Waals surface area contributed by atoms with Crippen molar-refractivity contribution in [2.45, 2.75) is 16.5 Å². The van der Waals surface area contributed by atoms with Gasteiger partial charge in [0.05, 0.1) is 15.5 Å². The van der Waals surface area contributed by atoms with E-state index in [-0.39, 0.29) is 11.2 Å². The highest BCUT2D eigenvalue weighted by Crippen LogP contribution is 2.32. The molecule has 0 bridgehead atoms. The predicted octanol–water partition coefficient (Wildman–Crippen LogP) is 4.48. The van der Waals surface area contributed by atoms with Crippen LogP contribution in [0.4, 0.5) is 11.4 Å². The Morgan fingerprint density at radius 2 is 1.88 bits per heavy atom. The Morgan fingerprint density at radius 1 is 1.17 bits per heavy atom. The third-order valence-corrected chi connectivity index (χ3v) is 5.80. The minimum absolute atomic E-state index is 0.0168. The maximum absolute atomic E-state index is 12.4. The first-order valence-electron chi connectivity index (χ1n) is 7.63. The van der Waals surface area contributed by atoms with Gasteiger partial charge in [-0.2, -0.15) is 0 Å². The number of aromatic nitrogens is 1. The molecule has 124 valence electrons. The first kappa shape index (κ1) is 16.8. The van der Waals surface area contributed by atoms with Gasteiger partial charge < -0.3 is 10.2 Å². The topological polar surface area (TPSA) is 45.2 Å². The summed E-state index contributed by atoms with van der Waals surface area (Å²) < 4.78 is 2.06. The van der Waals surface area contributed by atoms with Crippen LogP contribution in [0.3, 0.4) is 0 Å². The number of nitrogens with one attached hydrogen (secondary N) is 1. The number of para-hydroxylation sites is 1. The van der Waals surface area contributed by atoms with E-state index in [0.29, 0.717) is 0 Å². The first-order valence-corrected chi connectivity index (χ1v) is 9.33. The summed E-state index contributed by atoms with van der Waals surface area (Å²) in [6.07, 6.45) is 0. The van der Waals surface area contributed by atoms with Crippen molar-refractivity contribution in [1.82, 2.24) is 4.98 Å². The second-order valence-corrected chi connectivity index (χ2v) is 8.26. The number of amides is 1. The smallest absolute Gasteiger partial charge is 0.237 e. The number of hydrogen-bond acceptors (Lipinski definition) is 5. The zero-order chi connectivity index (χ0) is 17.1. The molecule has 0 saturated carbocycles. The Kier molecular flexibility index (Phi) is 5.06. The lowest BCUT2D eigenvalue weighted by Crippen LogP contribution is -2.22. The van der Waals surface area contributed by atoms with Crippen LogP contribution in [0.15, 0.2) is 52.9 Å². The molecule has 2 aromatic carbocycles. The fraction of sp³-hybridized carbons (Fsp3) is 0.222. The van der Waals surface area contributed by atoms with Crippen molar-refractivity contribution in [3.63, 3.8) is 0 Å². The van der Waals surface area contributed by atoms with Gasteiger partial charge in [0.1, 0.15) is 0 Å². The number of rotatable bonds is 5. The largest absolute Gasteiger partial charge is 0.378 e. The zero-order valence-corrected chi connectivity index (χ0v) is 15.4. The van der Waals surface area contributed by atoms with Crippen molar-refractivity contribution in [2.75, 3.05) is 24.3 Å². The molecule has 1 atom stereocenters. The number of fused-ring (bicyclic) bond motifs is 1. The number of nitrogens with zero attached hydrogens (tertiary/aromatic N) is 2. The Hall–Kier alpha value is -2.05. The predicted molar refractivity (Wildman–Crippen MR) is 104 cm³/mol. The van der Waals surface area contributed by atoms with E-state index in [1.54, 1.807) is 11.3 Å². The summed E-state index contributed by atoms with van der Waals surface area (Å²) in [6.45, 7) is 1.90. The van der Waals surface area contributed by atoms with Crippen molar-refractivity contribution < 1.29 is 4.79 Å². The lowest BCUT2D eigenvalue weighted by Gasteiger charge is -2.14. The van der Waals surface area contributed by atoms with Crippen molar-refractivity contribution in [1.29, 1.82) is 0 Å². The number of carbonyl (C=O) groups is 1. The number of thioether (sulfide) groups is 1. The van der Waals surface area contributed by atoms with Gasteiger partial charge in [-0.05, 0) is 43.3 Å². The number of hydrogen-bond donors (Lipinski definition) is 1. The summed E-state index contributed by atoms with van der Waals surface area (Å²) in [5.41, 5.74) is 2.89.